The molecule has 6 heteroatoms. The molecule has 0 unspecified atom stereocenters. The SMILES string of the molecule is CCOc1ccccc1NC(=O)C(C)(C)C(=O)Nc1ccc(F)cc1. The minimum atomic E-state index is -1.34. The molecule has 0 saturated carbocycles. The van der Waals surface area contributed by atoms with Gasteiger partial charge in [0.25, 0.3) is 0 Å². The van der Waals surface area contributed by atoms with Crippen molar-refractivity contribution in [3.63, 3.8) is 0 Å². The lowest BCUT2D eigenvalue weighted by Crippen LogP contribution is -2.41. The number of amides is 2. The average Bonchev–Trinajstić information content (AvgIpc) is 2.58. The van der Waals surface area contributed by atoms with Crippen LogP contribution in [0.2, 0.25) is 0 Å². The molecule has 2 aromatic carbocycles. The van der Waals surface area contributed by atoms with Crippen molar-refractivity contribution >= 4 is 23.2 Å². The van der Waals surface area contributed by atoms with Gasteiger partial charge in [0.2, 0.25) is 11.8 Å². The fraction of sp³-hybridized carbons (Fsp3) is 0.263. The predicted octanol–water partition coefficient (Wildman–Crippen LogP) is 3.83. The van der Waals surface area contributed by atoms with E-state index in [9.17, 15) is 14.0 Å². The Hall–Kier alpha value is -2.89. The van der Waals surface area contributed by atoms with Crippen LogP contribution in [-0.4, -0.2) is 18.4 Å². The normalized spacial score (nSPS) is 10.9. The first kappa shape index (κ1) is 18.4. The third kappa shape index (κ3) is 4.56. The summed E-state index contributed by atoms with van der Waals surface area (Å²) < 4.78 is 18.4. The third-order valence-electron chi connectivity index (χ3n) is 3.67. The van der Waals surface area contributed by atoms with Crippen molar-refractivity contribution in [2.24, 2.45) is 5.41 Å². The van der Waals surface area contributed by atoms with Crippen LogP contribution in [0.25, 0.3) is 0 Å². The van der Waals surface area contributed by atoms with Gasteiger partial charge in [0, 0.05) is 5.69 Å². The molecule has 132 valence electrons. The molecule has 0 heterocycles. The van der Waals surface area contributed by atoms with Gasteiger partial charge in [-0.3, -0.25) is 9.59 Å². The Kier molecular flexibility index (Phi) is 5.75. The molecule has 0 aliphatic rings. The zero-order valence-corrected chi connectivity index (χ0v) is 14.4. The molecule has 0 aliphatic heterocycles. The maximum atomic E-state index is 12.9. The number of carbonyl (C=O) groups is 2. The summed E-state index contributed by atoms with van der Waals surface area (Å²) >= 11 is 0. The second-order valence-electron chi connectivity index (χ2n) is 5.97. The molecule has 0 spiro atoms. The molecule has 0 aromatic heterocycles. The number of para-hydroxylation sites is 2. The van der Waals surface area contributed by atoms with Crippen LogP contribution >= 0.6 is 0 Å². The average molecular weight is 344 g/mol. The molecule has 0 aliphatic carbocycles. The van der Waals surface area contributed by atoms with E-state index >= 15 is 0 Å². The van der Waals surface area contributed by atoms with Crippen LogP contribution < -0.4 is 15.4 Å². The van der Waals surface area contributed by atoms with Crippen LogP contribution in [0, 0.1) is 11.2 Å². The van der Waals surface area contributed by atoms with Crippen molar-refractivity contribution in [2.45, 2.75) is 20.8 Å². The van der Waals surface area contributed by atoms with E-state index in [1.807, 2.05) is 6.92 Å². The number of hydrogen-bond donors (Lipinski definition) is 2. The van der Waals surface area contributed by atoms with Crippen LogP contribution in [0.1, 0.15) is 20.8 Å². The molecule has 0 saturated heterocycles. The Morgan fingerprint density at radius 2 is 1.60 bits per heavy atom. The van der Waals surface area contributed by atoms with E-state index in [0.29, 0.717) is 23.7 Å². The second-order valence-corrected chi connectivity index (χ2v) is 5.97. The Bertz CT molecular complexity index is 758. The molecular formula is C19H21FN2O3. The lowest BCUT2D eigenvalue weighted by Gasteiger charge is -2.23. The standard InChI is InChI=1S/C19H21FN2O3/c1-4-25-16-8-6-5-7-15(16)22-18(24)19(2,3)17(23)21-14-11-9-13(20)10-12-14/h5-12H,4H2,1-3H3,(H,21,23)(H,22,24). The molecule has 5 nitrogen and oxygen atoms in total. The number of hydrogen-bond acceptors (Lipinski definition) is 3. The number of halogens is 1. The maximum absolute atomic E-state index is 12.9. The number of anilines is 2. The van der Waals surface area contributed by atoms with Crippen molar-refractivity contribution in [1.29, 1.82) is 0 Å². The highest BCUT2D eigenvalue weighted by molar-refractivity contribution is 6.14. The quantitative estimate of drug-likeness (QED) is 0.783. The fourth-order valence-electron chi connectivity index (χ4n) is 2.05. The summed E-state index contributed by atoms with van der Waals surface area (Å²) in [7, 11) is 0. The maximum Gasteiger partial charge on any atom is 0.239 e. The van der Waals surface area contributed by atoms with Crippen molar-refractivity contribution in [1.82, 2.24) is 0 Å². The van der Waals surface area contributed by atoms with E-state index < -0.39 is 23.0 Å². The topological polar surface area (TPSA) is 67.4 Å². The van der Waals surface area contributed by atoms with Crippen LogP contribution in [0.3, 0.4) is 0 Å². The lowest BCUT2D eigenvalue weighted by atomic mass is 9.90. The molecule has 0 radical (unpaired) electrons. The molecule has 2 amide bonds. The predicted molar refractivity (Wildman–Crippen MR) is 95.1 cm³/mol. The van der Waals surface area contributed by atoms with Crippen molar-refractivity contribution in [3.8, 4) is 5.75 Å². The molecule has 2 rings (SSSR count). The molecule has 0 atom stereocenters. The summed E-state index contributed by atoms with van der Waals surface area (Å²) in [6.07, 6.45) is 0. The van der Waals surface area contributed by atoms with Crippen LogP contribution in [-0.2, 0) is 9.59 Å². The Balaban J connectivity index is 2.11. The first-order chi connectivity index (χ1) is 11.8. The van der Waals surface area contributed by atoms with Crippen molar-refractivity contribution in [3.05, 3.63) is 54.3 Å². The van der Waals surface area contributed by atoms with Gasteiger partial charge in [-0.2, -0.15) is 0 Å². The number of ether oxygens (including phenoxy) is 1. The number of benzene rings is 2. The van der Waals surface area contributed by atoms with Gasteiger partial charge in [-0.05, 0) is 57.2 Å². The van der Waals surface area contributed by atoms with Gasteiger partial charge in [0.15, 0.2) is 0 Å². The number of rotatable bonds is 6. The Morgan fingerprint density at radius 1 is 1.00 bits per heavy atom. The highest BCUT2D eigenvalue weighted by Gasteiger charge is 2.36. The number of nitrogens with one attached hydrogen (secondary N) is 2. The van der Waals surface area contributed by atoms with E-state index in [1.54, 1.807) is 24.3 Å². The summed E-state index contributed by atoms with van der Waals surface area (Å²) in [4.78, 5) is 25.1. The van der Waals surface area contributed by atoms with Gasteiger partial charge in [0.05, 0.1) is 12.3 Å². The van der Waals surface area contributed by atoms with Crippen LogP contribution in [0.15, 0.2) is 48.5 Å². The van der Waals surface area contributed by atoms with Crippen LogP contribution in [0.5, 0.6) is 5.75 Å². The first-order valence-corrected chi connectivity index (χ1v) is 7.95. The summed E-state index contributed by atoms with van der Waals surface area (Å²) in [6, 6.07) is 12.4. The number of carbonyl (C=O) groups excluding carboxylic acids is 2. The highest BCUT2D eigenvalue weighted by Crippen LogP contribution is 2.27. The van der Waals surface area contributed by atoms with E-state index in [0.717, 1.165) is 0 Å². The molecular weight excluding hydrogens is 323 g/mol. The smallest absolute Gasteiger partial charge is 0.239 e. The molecule has 0 fully saturated rings. The Morgan fingerprint density at radius 3 is 2.24 bits per heavy atom. The Labute approximate surface area is 146 Å². The molecule has 0 bridgehead atoms. The van der Waals surface area contributed by atoms with E-state index in [-0.39, 0.29) is 0 Å². The first-order valence-electron chi connectivity index (χ1n) is 7.95. The van der Waals surface area contributed by atoms with E-state index in [4.69, 9.17) is 4.74 Å². The van der Waals surface area contributed by atoms with E-state index in [1.165, 1.54) is 38.1 Å². The lowest BCUT2D eigenvalue weighted by molar-refractivity contribution is -0.135. The summed E-state index contributed by atoms with van der Waals surface area (Å²) in [5.41, 5.74) is -0.424. The summed E-state index contributed by atoms with van der Waals surface area (Å²) in [5, 5.41) is 5.34. The monoisotopic (exact) mass is 344 g/mol. The fourth-order valence-corrected chi connectivity index (χ4v) is 2.05. The largest absolute Gasteiger partial charge is 0.492 e. The van der Waals surface area contributed by atoms with Crippen molar-refractivity contribution in [2.75, 3.05) is 17.2 Å². The minimum absolute atomic E-state index is 0.400. The second kappa shape index (κ2) is 7.79. The molecule has 2 N–H and O–H groups in total. The van der Waals surface area contributed by atoms with Crippen LogP contribution in [0.4, 0.5) is 15.8 Å². The van der Waals surface area contributed by atoms with Gasteiger partial charge >= 0.3 is 0 Å². The molecule has 25 heavy (non-hydrogen) atoms. The van der Waals surface area contributed by atoms with Gasteiger partial charge in [-0.15, -0.1) is 0 Å². The molecule has 2 aromatic rings. The van der Waals surface area contributed by atoms with Crippen molar-refractivity contribution < 1.29 is 18.7 Å². The zero-order valence-electron chi connectivity index (χ0n) is 14.4. The van der Waals surface area contributed by atoms with Gasteiger partial charge in [0.1, 0.15) is 17.0 Å². The van der Waals surface area contributed by atoms with Gasteiger partial charge < -0.3 is 15.4 Å². The zero-order chi connectivity index (χ0) is 18.4. The van der Waals surface area contributed by atoms with Gasteiger partial charge in [-0.25, -0.2) is 4.39 Å². The third-order valence-corrected chi connectivity index (χ3v) is 3.67. The summed E-state index contributed by atoms with van der Waals surface area (Å²) in [5.74, 6) is -0.833. The minimum Gasteiger partial charge on any atom is -0.492 e. The summed E-state index contributed by atoms with van der Waals surface area (Å²) in [6.45, 7) is 5.34. The highest BCUT2D eigenvalue weighted by atomic mass is 19.1. The van der Waals surface area contributed by atoms with E-state index in [2.05, 4.69) is 10.6 Å². The van der Waals surface area contributed by atoms with Gasteiger partial charge in [-0.1, -0.05) is 12.1 Å².